The highest BCUT2D eigenvalue weighted by atomic mass is 16.3. The largest absolute Gasteiger partial charge is 0.504 e. The van der Waals surface area contributed by atoms with Crippen molar-refractivity contribution in [3.8, 4) is 17.0 Å². The molecule has 3 heterocycles. The maximum absolute atomic E-state index is 10.1. The third-order valence-electron chi connectivity index (χ3n) is 3.05. The van der Waals surface area contributed by atoms with Gasteiger partial charge < -0.3 is 10.1 Å². The molecule has 0 spiro atoms. The SMILES string of the molecule is Oc1c2nncc-2c2[nH]c1c1ccccc21. The number of hydrogen-bond donors (Lipinski definition) is 2. The second kappa shape index (κ2) is 2.41. The fourth-order valence-corrected chi connectivity index (χ4v) is 2.31. The molecular formula is C12H7N3O. The van der Waals surface area contributed by atoms with Crippen LogP contribution in [0.25, 0.3) is 33.1 Å². The van der Waals surface area contributed by atoms with E-state index in [1.165, 1.54) is 0 Å². The van der Waals surface area contributed by atoms with E-state index in [0.29, 0.717) is 5.69 Å². The summed E-state index contributed by atoms with van der Waals surface area (Å²) in [6.45, 7) is 0. The van der Waals surface area contributed by atoms with Crippen molar-refractivity contribution in [3.63, 3.8) is 0 Å². The summed E-state index contributed by atoms with van der Waals surface area (Å²) in [6.07, 6.45) is 1.67. The summed E-state index contributed by atoms with van der Waals surface area (Å²) in [4.78, 5) is 3.21. The van der Waals surface area contributed by atoms with Crippen LogP contribution in [0.3, 0.4) is 0 Å². The molecule has 4 rings (SSSR count). The smallest absolute Gasteiger partial charge is 0.168 e. The van der Waals surface area contributed by atoms with Gasteiger partial charge in [-0.2, -0.15) is 5.10 Å². The van der Waals surface area contributed by atoms with Crippen LogP contribution in [0.15, 0.2) is 30.5 Å². The minimum atomic E-state index is 0.182. The molecule has 0 saturated carbocycles. The minimum absolute atomic E-state index is 0.182. The molecule has 0 amide bonds. The van der Waals surface area contributed by atoms with Gasteiger partial charge in [-0.15, -0.1) is 5.10 Å². The van der Waals surface area contributed by atoms with Crippen molar-refractivity contribution in [1.82, 2.24) is 15.2 Å². The van der Waals surface area contributed by atoms with Gasteiger partial charge in [-0.1, -0.05) is 24.3 Å². The van der Waals surface area contributed by atoms with E-state index in [9.17, 15) is 5.11 Å². The van der Waals surface area contributed by atoms with Crippen LogP contribution in [0, 0.1) is 0 Å². The van der Waals surface area contributed by atoms with E-state index < -0.39 is 0 Å². The normalized spacial score (nSPS) is 12.0. The molecule has 76 valence electrons. The van der Waals surface area contributed by atoms with Gasteiger partial charge in [-0.25, -0.2) is 0 Å². The zero-order chi connectivity index (χ0) is 10.7. The van der Waals surface area contributed by atoms with Crippen LogP contribution in [0.4, 0.5) is 0 Å². The third kappa shape index (κ3) is 0.725. The van der Waals surface area contributed by atoms with Crippen LogP contribution in [-0.4, -0.2) is 20.3 Å². The number of nitrogens with one attached hydrogen (secondary N) is 1. The summed E-state index contributed by atoms with van der Waals surface area (Å²) in [5, 5.41) is 20.0. The maximum Gasteiger partial charge on any atom is 0.168 e. The molecule has 1 aromatic heterocycles. The average Bonchev–Trinajstić information content (AvgIpc) is 2.91. The number of hydrogen-bond acceptors (Lipinski definition) is 3. The van der Waals surface area contributed by atoms with Crippen molar-refractivity contribution < 1.29 is 5.11 Å². The number of pyridine rings is 1. The second-order valence-electron chi connectivity index (χ2n) is 3.88. The molecule has 2 aliphatic heterocycles. The first kappa shape index (κ1) is 7.87. The van der Waals surface area contributed by atoms with Gasteiger partial charge in [-0.05, 0) is 0 Å². The van der Waals surface area contributed by atoms with Crippen LogP contribution in [0.1, 0.15) is 0 Å². The highest BCUT2D eigenvalue weighted by Gasteiger charge is 2.21. The fourth-order valence-electron chi connectivity index (χ4n) is 2.31. The molecule has 1 aromatic carbocycles. The Morgan fingerprint density at radius 1 is 1.06 bits per heavy atom. The third-order valence-corrected chi connectivity index (χ3v) is 3.05. The molecule has 0 aliphatic carbocycles. The number of rotatable bonds is 0. The number of nitrogens with zero attached hydrogens (tertiary/aromatic N) is 2. The minimum Gasteiger partial charge on any atom is -0.504 e. The van der Waals surface area contributed by atoms with Gasteiger partial charge in [0.15, 0.2) is 5.75 Å². The lowest BCUT2D eigenvalue weighted by atomic mass is 10.1. The Labute approximate surface area is 90.2 Å². The summed E-state index contributed by atoms with van der Waals surface area (Å²) in [6, 6.07) is 7.95. The predicted octanol–water partition coefficient (Wildman–Crippen LogP) is 2.36. The van der Waals surface area contributed by atoms with Gasteiger partial charge in [0.2, 0.25) is 0 Å². The van der Waals surface area contributed by atoms with E-state index in [1.807, 2.05) is 24.3 Å². The van der Waals surface area contributed by atoms with E-state index in [0.717, 1.165) is 27.4 Å². The molecule has 2 bridgehead atoms. The Kier molecular flexibility index (Phi) is 1.19. The number of fused-ring (bicyclic) bond motifs is 7. The highest BCUT2D eigenvalue weighted by molar-refractivity contribution is 6.16. The van der Waals surface area contributed by atoms with Crippen molar-refractivity contribution in [1.29, 1.82) is 0 Å². The Bertz CT molecular complexity index is 774. The predicted molar refractivity (Wildman–Crippen MR) is 60.9 cm³/mol. The van der Waals surface area contributed by atoms with Gasteiger partial charge in [-0.3, -0.25) is 0 Å². The summed E-state index contributed by atoms with van der Waals surface area (Å²) in [5.74, 6) is 0.182. The number of H-pyrrole nitrogens is 1. The molecule has 0 radical (unpaired) electrons. The van der Waals surface area contributed by atoms with E-state index in [4.69, 9.17) is 0 Å². The van der Waals surface area contributed by atoms with Crippen LogP contribution in [0.2, 0.25) is 0 Å². The van der Waals surface area contributed by atoms with Gasteiger partial charge in [0.1, 0.15) is 5.69 Å². The topological polar surface area (TPSA) is 61.8 Å². The first-order valence-electron chi connectivity index (χ1n) is 5.02. The molecule has 0 unspecified atom stereocenters. The summed E-state index contributed by atoms with van der Waals surface area (Å²) >= 11 is 0. The van der Waals surface area contributed by atoms with Crippen LogP contribution < -0.4 is 0 Å². The van der Waals surface area contributed by atoms with E-state index in [2.05, 4.69) is 15.2 Å². The molecule has 4 heteroatoms. The Hall–Kier alpha value is -2.36. The van der Waals surface area contributed by atoms with E-state index >= 15 is 0 Å². The molecule has 4 nitrogen and oxygen atoms in total. The molecule has 16 heavy (non-hydrogen) atoms. The Morgan fingerprint density at radius 2 is 1.81 bits per heavy atom. The van der Waals surface area contributed by atoms with Crippen molar-refractivity contribution >= 4 is 21.8 Å². The lowest BCUT2D eigenvalue weighted by Crippen LogP contribution is -1.81. The molecule has 2 aromatic rings. The second-order valence-corrected chi connectivity index (χ2v) is 3.88. The number of aromatic hydroxyl groups is 1. The first-order chi connectivity index (χ1) is 7.86. The van der Waals surface area contributed by atoms with Crippen LogP contribution in [0.5, 0.6) is 5.75 Å². The average molecular weight is 209 g/mol. The lowest BCUT2D eigenvalue weighted by Gasteiger charge is -1.99. The molecule has 0 fully saturated rings. The molecule has 2 aliphatic rings. The first-order valence-corrected chi connectivity index (χ1v) is 5.02. The lowest BCUT2D eigenvalue weighted by molar-refractivity contribution is 0.480. The molecule has 0 atom stereocenters. The van der Waals surface area contributed by atoms with Crippen LogP contribution >= 0.6 is 0 Å². The monoisotopic (exact) mass is 209 g/mol. The molecular weight excluding hydrogens is 202 g/mol. The quantitative estimate of drug-likeness (QED) is 0.467. The van der Waals surface area contributed by atoms with Gasteiger partial charge in [0.25, 0.3) is 0 Å². The number of benzene rings is 1. The number of aromatic amines is 1. The Morgan fingerprint density at radius 3 is 2.62 bits per heavy atom. The fraction of sp³-hybridized carbons (Fsp3) is 0. The van der Waals surface area contributed by atoms with Gasteiger partial charge in [0, 0.05) is 10.8 Å². The van der Waals surface area contributed by atoms with Crippen molar-refractivity contribution in [2.45, 2.75) is 0 Å². The molecule has 0 saturated heterocycles. The van der Waals surface area contributed by atoms with Crippen molar-refractivity contribution in [2.75, 3.05) is 0 Å². The van der Waals surface area contributed by atoms with Crippen molar-refractivity contribution in [3.05, 3.63) is 30.5 Å². The Balaban J connectivity index is 2.44. The zero-order valence-corrected chi connectivity index (χ0v) is 8.23. The zero-order valence-electron chi connectivity index (χ0n) is 8.23. The molecule has 2 N–H and O–H groups in total. The number of aromatic nitrogens is 3. The van der Waals surface area contributed by atoms with E-state index in [-0.39, 0.29) is 5.75 Å². The van der Waals surface area contributed by atoms with Crippen LogP contribution in [-0.2, 0) is 0 Å². The highest BCUT2D eigenvalue weighted by Crippen LogP contribution is 2.42. The van der Waals surface area contributed by atoms with Crippen molar-refractivity contribution in [2.24, 2.45) is 0 Å². The van der Waals surface area contributed by atoms with Gasteiger partial charge >= 0.3 is 0 Å². The summed E-state index contributed by atoms with van der Waals surface area (Å²) < 4.78 is 0. The standard InChI is InChI=1S/C12H7N3O/c16-12-10-7-4-2-1-3-6(7)9(14-10)8-5-13-15-11(8)12/h1-5,14,16H. The van der Waals surface area contributed by atoms with E-state index in [1.54, 1.807) is 6.20 Å². The summed E-state index contributed by atoms with van der Waals surface area (Å²) in [7, 11) is 0. The maximum atomic E-state index is 10.1. The summed E-state index contributed by atoms with van der Waals surface area (Å²) in [5.41, 5.74) is 3.16. The van der Waals surface area contributed by atoms with Gasteiger partial charge in [0.05, 0.1) is 22.8 Å².